The molecule has 3 heteroatoms. The first-order valence-corrected chi connectivity index (χ1v) is 8.67. The Morgan fingerprint density at radius 2 is 2.13 bits per heavy atom. The van der Waals surface area contributed by atoms with E-state index in [1.54, 1.807) is 7.11 Å². The summed E-state index contributed by atoms with van der Waals surface area (Å²) in [6, 6.07) is 7.81. The number of amides is 1. The number of unbranched alkanes of at least 4 members (excludes halogenated alkanes) is 3. The van der Waals surface area contributed by atoms with Gasteiger partial charge in [-0.3, -0.25) is 4.79 Å². The second-order valence-corrected chi connectivity index (χ2v) is 6.08. The van der Waals surface area contributed by atoms with Gasteiger partial charge in [0.05, 0.1) is 13.2 Å². The summed E-state index contributed by atoms with van der Waals surface area (Å²) < 4.78 is 5.25. The molecule has 0 spiro atoms. The quantitative estimate of drug-likeness (QED) is 0.459. The van der Waals surface area contributed by atoms with Crippen molar-refractivity contribution in [1.29, 1.82) is 0 Å². The zero-order valence-corrected chi connectivity index (χ0v) is 14.8. The van der Waals surface area contributed by atoms with Crippen molar-refractivity contribution in [2.24, 2.45) is 5.92 Å². The van der Waals surface area contributed by atoms with Crippen LogP contribution in [0, 0.1) is 5.92 Å². The second kappa shape index (κ2) is 10.9. The van der Waals surface area contributed by atoms with Gasteiger partial charge in [-0.2, -0.15) is 0 Å². The first-order valence-electron chi connectivity index (χ1n) is 8.67. The molecule has 23 heavy (non-hydrogen) atoms. The highest BCUT2D eigenvalue weighted by atomic mass is 16.5. The van der Waals surface area contributed by atoms with Crippen LogP contribution in [0.4, 0.5) is 0 Å². The van der Waals surface area contributed by atoms with E-state index in [0.29, 0.717) is 0 Å². The minimum absolute atomic E-state index is 0.0254. The average Bonchev–Trinajstić information content (AvgIpc) is 2.57. The molecule has 128 valence electrons. The summed E-state index contributed by atoms with van der Waals surface area (Å²) in [7, 11) is 1.65. The molecule has 0 bridgehead atoms. The zero-order chi connectivity index (χ0) is 17.1. The Kier molecular flexibility index (Phi) is 9.11. The van der Waals surface area contributed by atoms with Gasteiger partial charge >= 0.3 is 0 Å². The molecule has 1 rings (SSSR count). The summed E-state index contributed by atoms with van der Waals surface area (Å²) in [5, 5.41) is 3.13. The molecule has 1 unspecified atom stereocenters. The van der Waals surface area contributed by atoms with Crippen molar-refractivity contribution in [3.8, 4) is 5.75 Å². The fourth-order valence-corrected chi connectivity index (χ4v) is 2.70. The third-order valence-electron chi connectivity index (χ3n) is 4.18. The van der Waals surface area contributed by atoms with E-state index in [2.05, 4.69) is 18.8 Å². The van der Waals surface area contributed by atoms with Crippen molar-refractivity contribution in [2.45, 2.75) is 58.4 Å². The number of hydrogen-bond donors (Lipinski definition) is 1. The van der Waals surface area contributed by atoms with Crippen molar-refractivity contribution in [2.75, 3.05) is 7.11 Å². The second-order valence-electron chi connectivity index (χ2n) is 6.08. The van der Waals surface area contributed by atoms with E-state index < -0.39 is 0 Å². The maximum atomic E-state index is 12.5. The highest BCUT2D eigenvalue weighted by Crippen LogP contribution is 2.21. The smallest absolute Gasteiger partial charge is 0.223 e. The number of hydrogen-bond acceptors (Lipinski definition) is 2. The molecule has 1 amide bonds. The SMILES string of the molecule is C=CCC(CCCCCC)C(=O)N[C@H](C)c1cccc(OC)c1. The Bertz CT molecular complexity index is 484. The van der Waals surface area contributed by atoms with Crippen LogP contribution in [-0.4, -0.2) is 13.0 Å². The molecular weight excluding hydrogens is 286 g/mol. The van der Waals surface area contributed by atoms with Gasteiger partial charge in [0.15, 0.2) is 0 Å². The largest absolute Gasteiger partial charge is 0.497 e. The topological polar surface area (TPSA) is 38.3 Å². The van der Waals surface area contributed by atoms with Gasteiger partial charge in [0.25, 0.3) is 0 Å². The van der Waals surface area contributed by atoms with E-state index in [0.717, 1.165) is 30.6 Å². The Morgan fingerprint density at radius 3 is 2.78 bits per heavy atom. The summed E-state index contributed by atoms with van der Waals surface area (Å²) in [6.45, 7) is 8.00. The standard InChI is InChI=1S/C20H31NO2/c1-5-7-8-9-12-17(11-6-2)20(22)21-16(3)18-13-10-14-19(15-18)23-4/h6,10,13-17H,2,5,7-9,11-12H2,1,3-4H3,(H,21,22)/t16-,17?/m1/s1. The van der Waals surface area contributed by atoms with E-state index in [9.17, 15) is 4.79 Å². The van der Waals surface area contributed by atoms with Gasteiger partial charge in [0.1, 0.15) is 5.75 Å². The molecular formula is C20H31NO2. The molecule has 1 N–H and O–H groups in total. The van der Waals surface area contributed by atoms with E-state index in [1.807, 2.05) is 37.3 Å². The van der Waals surface area contributed by atoms with Crippen LogP contribution in [0.2, 0.25) is 0 Å². The lowest BCUT2D eigenvalue weighted by Gasteiger charge is -2.20. The van der Waals surface area contributed by atoms with Crippen LogP contribution in [0.25, 0.3) is 0 Å². The Balaban J connectivity index is 2.59. The summed E-state index contributed by atoms with van der Waals surface area (Å²) in [6.07, 6.45) is 8.27. The number of rotatable bonds is 11. The monoisotopic (exact) mass is 317 g/mol. The molecule has 0 aliphatic carbocycles. The van der Waals surface area contributed by atoms with Crippen LogP contribution in [-0.2, 0) is 4.79 Å². The summed E-state index contributed by atoms with van der Waals surface area (Å²) in [4.78, 5) is 12.5. The predicted molar refractivity (Wildman–Crippen MR) is 96.6 cm³/mol. The van der Waals surface area contributed by atoms with Crippen molar-refractivity contribution in [3.05, 3.63) is 42.5 Å². The van der Waals surface area contributed by atoms with Gasteiger partial charge in [0.2, 0.25) is 5.91 Å². The predicted octanol–water partition coefficient (Wildman–Crippen LogP) is 5.04. The van der Waals surface area contributed by atoms with Crippen molar-refractivity contribution in [3.63, 3.8) is 0 Å². The first-order chi connectivity index (χ1) is 11.1. The number of methoxy groups -OCH3 is 1. The fourth-order valence-electron chi connectivity index (χ4n) is 2.70. The zero-order valence-electron chi connectivity index (χ0n) is 14.8. The Hall–Kier alpha value is -1.77. The summed E-state index contributed by atoms with van der Waals surface area (Å²) in [5.74, 6) is 0.958. The highest BCUT2D eigenvalue weighted by molar-refractivity contribution is 5.79. The number of benzene rings is 1. The third-order valence-corrected chi connectivity index (χ3v) is 4.18. The lowest BCUT2D eigenvalue weighted by molar-refractivity contribution is -0.125. The van der Waals surface area contributed by atoms with Crippen molar-refractivity contribution in [1.82, 2.24) is 5.32 Å². The lowest BCUT2D eigenvalue weighted by Crippen LogP contribution is -2.32. The third kappa shape index (κ3) is 6.89. The van der Waals surface area contributed by atoms with E-state index >= 15 is 0 Å². The Labute approximate surface area is 141 Å². The molecule has 0 saturated heterocycles. The van der Waals surface area contributed by atoms with Crippen LogP contribution in [0.1, 0.15) is 64.0 Å². The van der Waals surface area contributed by atoms with Crippen LogP contribution in [0.5, 0.6) is 5.75 Å². The molecule has 0 saturated carbocycles. The normalized spacial score (nSPS) is 13.2. The summed E-state index contributed by atoms with van der Waals surface area (Å²) in [5.41, 5.74) is 1.06. The van der Waals surface area contributed by atoms with Gasteiger partial charge in [-0.1, -0.05) is 50.8 Å². The van der Waals surface area contributed by atoms with Crippen LogP contribution < -0.4 is 10.1 Å². The molecule has 2 atom stereocenters. The number of allylic oxidation sites excluding steroid dienone is 1. The number of carbonyl (C=O) groups excluding carboxylic acids is 1. The molecule has 0 aliphatic rings. The van der Waals surface area contributed by atoms with E-state index in [-0.39, 0.29) is 17.9 Å². The molecule has 0 fully saturated rings. The average molecular weight is 317 g/mol. The number of ether oxygens (including phenoxy) is 1. The van der Waals surface area contributed by atoms with Crippen molar-refractivity contribution >= 4 is 5.91 Å². The number of nitrogens with one attached hydrogen (secondary N) is 1. The van der Waals surface area contributed by atoms with Gasteiger partial charge in [-0.25, -0.2) is 0 Å². The highest BCUT2D eigenvalue weighted by Gasteiger charge is 2.19. The number of carbonyl (C=O) groups is 1. The summed E-state index contributed by atoms with van der Waals surface area (Å²) >= 11 is 0. The molecule has 0 radical (unpaired) electrons. The minimum Gasteiger partial charge on any atom is -0.497 e. The van der Waals surface area contributed by atoms with Gasteiger partial charge in [-0.15, -0.1) is 6.58 Å². The first kappa shape index (κ1) is 19.3. The Morgan fingerprint density at radius 1 is 1.35 bits per heavy atom. The molecule has 3 nitrogen and oxygen atoms in total. The molecule has 1 aromatic rings. The van der Waals surface area contributed by atoms with Crippen LogP contribution in [0.3, 0.4) is 0 Å². The maximum Gasteiger partial charge on any atom is 0.223 e. The molecule has 0 heterocycles. The maximum absolute atomic E-state index is 12.5. The van der Waals surface area contributed by atoms with Gasteiger partial charge < -0.3 is 10.1 Å². The minimum atomic E-state index is -0.0273. The van der Waals surface area contributed by atoms with Crippen molar-refractivity contribution < 1.29 is 9.53 Å². The van der Waals surface area contributed by atoms with E-state index in [1.165, 1.54) is 19.3 Å². The van der Waals surface area contributed by atoms with E-state index in [4.69, 9.17) is 4.74 Å². The lowest BCUT2D eigenvalue weighted by atomic mass is 9.95. The molecule has 1 aromatic carbocycles. The van der Waals surface area contributed by atoms with Gasteiger partial charge in [-0.05, 0) is 37.5 Å². The van der Waals surface area contributed by atoms with Crippen LogP contribution >= 0.6 is 0 Å². The fraction of sp³-hybridized carbons (Fsp3) is 0.550. The van der Waals surface area contributed by atoms with Gasteiger partial charge in [0, 0.05) is 5.92 Å². The van der Waals surface area contributed by atoms with Crippen LogP contribution in [0.15, 0.2) is 36.9 Å². The molecule has 0 aliphatic heterocycles. The molecule has 0 aromatic heterocycles.